The Morgan fingerprint density at radius 2 is 1.79 bits per heavy atom. The monoisotopic (exact) mass is 285 g/mol. The zero-order valence-electron chi connectivity index (χ0n) is 10.3. The molecule has 0 heterocycles. The zero-order valence-corrected chi connectivity index (χ0v) is 11.1. The molecule has 0 fully saturated rings. The van der Waals surface area contributed by atoms with Gasteiger partial charge in [-0.25, -0.2) is 9.59 Å². The van der Waals surface area contributed by atoms with Gasteiger partial charge in [-0.05, 0) is 31.2 Å². The summed E-state index contributed by atoms with van der Waals surface area (Å²) in [6.45, 7) is 1.30. The molecule has 0 bridgehead atoms. The highest BCUT2D eigenvalue weighted by Gasteiger charge is 2.23. The second-order valence-corrected chi connectivity index (χ2v) is 3.97. The minimum atomic E-state index is -1.17. The van der Waals surface area contributed by atoms with Crippen molar-refractivity contribution in [3.05, 3.63) is 29.3 Å². The Morgan fingerprint density at radius 1 is 1.21 bits per heavy atom. The first kappa shape index (κ1) is 15.0. The Hall–Kier alpha value is -2.08. The quantitative estimate of drug-likeness (QED) is 0.670. The van der Waals surface area contributed by atoms with Gasteiger partial charge in [-0.15, -0.1) is 0 Å². The molecule has 102 valence electrons. The van der Waals surface area contributed by atoms with Gasteiger partial charge in [0, 0.05) is 10.7 Å². The van der Waals surface area contributed by atoms with E-state index in [-0.39, 0.29) is 0 Å². The molecule has 1 unspecified atom stereocenters. The maximum atomic E-state index is 11.5. The number of halogens is 1. The number of methoxy groups -OCH3 is 1. The van der Waals surface area contributed by atoms with Crippen LogP contribution in [0, 0.1) is 0 Å². The van der Waals surface area contributed by atoms with Gasteiger partial charge in [0.2, 0.25) is 0 Å². The number of carbonyl (C=O) groups excluding carboxylic acids is 3. The summed E-state index contributed by atoms with van der Waals surface area (Å²) in [7, 11) is 1.15. The topological polar surface area (TPSA) is 81.7 Å². The van der Waals surface area contributed by atoms with Crippen LogP contribution >= 0.6 is 11.6 Å². The van der Waals surface area contributed by atoms with Crippen LogP contribution in [0.25, 0.3) is 0 Å². The van der Waals surface area contributed by atoms with Crippen LogP contribution in [0.4, 0.5) is 5.69 Å². The number of anilines is 1. The van der Waals surface area contributed by atoms with Crippen LogP contribution in [0.15, 0.2) is 24.3 Å². The van der Waals surface area contributed by atoms with E-state index in [1.54, 1.807) is 12.1 Å². The summed E-state index contributed by atoms with van der Waals surface area (Å²) < 4.78 is 8.97. The molecule has 6 nitrogen and oxygen atoms in total. The molecule has 0 spiro atoms. The Bertz CT molecular complexity index is 485. The number of amides is 1. The summed E-state index contributed by atoms with van der Waals surface area (Å²) in [4.78, 5) is 33.9. The van der Waals surface area contributed by atoms with Crippen molar-refractivity contribution in [2.45, 2.75) is 13.0 Å². The fourth-order valence-electron chi connectivity index (χ4n) is 1.14. The minimum absolute atomic E-state index is 0.386. The van der Waals surface area contributed by atoms with E-state index in [0.717, 1.165) is 7.11 Å². The van der Waals surface area contributed by atoms with Gasteiger partial charge in [0.1, 0.15) is 0 Å². The van der Waals surface area contributed by atoms with Gasteiger partial charge in [0.25, 0.3) is 0 Å². The van der Waals surface area contributed by atoms with Crippen molar-refractivity contribution in [3.63, 3.8) is 0 Å². The van der Waals surface area contributed by atoms with Crippen molar-refractivity contribution in [1.29, 1.82) is 0 Å². The van der Waals surface area contributed by atoms with Crippen molar-refractivity contribution < 1.29 is 23.9 Å². The first-order chi connectivity index (χ1) is 8.93. The Kier molecular flexibility index (Phi) is 5.32. The maximum Gasteiger partial charge on any atom is 0.398 e. The third-order valence-corrected chi connectivity index (χ3v) is 2.36. The number of esters is 2. The van der Waals surface area contributed by atoms with Crippen molar-refractivity contribution >= 4 is 35.1 Å². The van der Waals surface area contributed by atoms with Gasteiger partial charge in [0.15, 0.2) is 6.10 Å². The molecule has 1 atom stereocenters. The van der Waals surface area contributed by atoms with Gasteiger partial charge >= 0.3 is 17.8 Å². The molecule has 1 rings (SSSR count). The molecular formula is C12H12ClNO5. The van der Waals surface area contributed by atoms with E-state index in [1.165, 1.54) is 19.1 Å². The number of rotatable bonds is 3. The van der Waals surface area contributed by atoms with Gasteiger partial charge in [-0.2, -0.15) is 0 Å². The third kappa shape index (κ3) is 4.59. The van der Waals surface area contributed by atoms with Crippen LogP contribution in [-0.4, -0.2) is 31.1 Å². The molecule has 0 saturated heterocycles. The van der Waals surface area contributed by atoms with Gasteiger partial charge in [-0.3, -0.25) is 4.79 Å². The third-order valence-electron chi connectivity index (χ3n) is 2.10. The van der Waals surface area contributed by atoms with E-state index in [4.69, 9.17) is 11.6 Å². The Labute approximate surface area is 114 Å². The van der Waals surface area contributed by atoms with Crippen molar-refractivity contribution in [3.8, 4) is 0 Å². The first-order valence-corrected chi connectivity index (χ1v) is 5.67. The van der Waals surface area contributed by atoms with Crippen LogP contribution in [0.3, 0.4) is 0 Å². The molecule has 1 amide bonds. The molecule has 0 aliphatic carbocycles. The second-order valence-electron chi connectivity index (χ2n) is 3.53. The molecule has 7 heteroatoms. The highest BCUT2D eigenvalue weighted by Crippen LogP contribution is 2.13. The van der Waals surface area contributed by atoms with Crippen LogP contribution in [-0.2, 0) is 23.9 Å². The predicted molar refractivity (Wildman–Crippen MR) is 67.7 cm³/mol. The summed E-state index contributed by atoms with van der Waals surface area (Å²) in [6, 6.07) is 6.16. The second kappa shape index (κ2) is 6.75. The fraction of sp³-hybridized carbons (Fsp3) is 0.250. The SMILES string of the molecule is COC(=O)C(C)OC(=O)C(=O)Nc1ccc(Cl)cc1. The van der Waals surface area contributed by atoms with E-state index in [0.29, 0.717) is 10.7 Å². The van der Waals surface area contributed by atoms with E-state index in [2.05, 4.69) is 14.8 Å². The van der Waals surface area contributed by atoms with E-state index >= 15 is 0 Å². The average Bonchev–Trinajstić information content (AvgIpc) is 2.40. The lowest BCUT2D eigenvalue weighted by Gasteiger charge is -2.10. The first-order valence-electron chi connectivity index (χ1n) is 5.29. The molecule has 1 N–H and O–H groups in total. The largest absolute Gasteiger partial charge is 0.466 e. The van der Waals surface area contributed by atoms with Crippen molar-refractivity contribution in [2.75, 3.05) is 12.4 Å². The molecule has 19 heavy (non-hydrogen) atoms. The smallest absolute Gasteiger partial charge is 0.398 e. The van der Waals surface area contributed by atoms with E-state index in [9.17, 15) is 14.4 Å². The molecular weight excluding hydrogens is 274 g/mol. The molecule has 1 aromatic carbocycles. The molecule has 1 aromatic rings. The number of hydrogen-bond acceptors (Lipinski definition) is 5. The molecule has 0 saturated carbocycles. The summed E-state index contributed by atoms with van der Waals surface area (Å²) >= 11 is 5.67. The number of hydrogen-bond donors (Lipinski definition) is 1. The Balaban J connectivity index is 2.56. The summed E-state index contributed by atoms with van der Waals surface area (Å²) in [6.07, 6.45) is -1.14. The van der Waals surface area contributed by atoms with Crippen LogP contribution < -0.4 is 5.32 Å². The molecule has 0 aliphatic heterocycles. The summed E-state index contributed by atoms with van der Waals surface area (Å²) in [5, 5.41) is 2.81. The standard InChI is InChI=1S/C12H12ClNO5/c1-7(11(16)18-2)19-12(17)10(15)14-9-5-3-8(13)4-6-9/h3-7H,1-2H3,(H,14,15). The highest BCUT2D eigenvalue weighted by molar-refractivity contribution is 6.37. The zero-order chi connectivity index (χ0) is 14.4. The molecule has 0 radical (unpaired) electrons. The number of ether oxygens (including phenoxy) is 2. The lowest BCUT2D eigenvalue weighted by molar-refractivity contribution is -0.166. The molecule has 0 aliphatic rings. The minimum Gasteiger partial charge on any atom is -0.466 e. The number of carbonyl (C=O) groups is 3. The lowest BCUT2D eigenvalue weighted by atomic mass is 10.3. The van der Waals surface area contributed by atoms with Gasteiger partial charge < -0.3 is 14.8 Å². The van der Waals surface area contributed by atoms with Crippen LogP contribution in [0.1, 0.15) is 6.92 Å². The molecule has 0 aromatic heterocycles. The van der Waals surface area contributed by atoms with Gasteiger partial charge in [-0.1, -0.05) is 11.6 Å². The van der Waals surface area contributed by atoms with E-state index < -0.39 is 23.9 Å². The summed E-state index contributed by atoms with van der Waals surface area (Å²) in [5.41, 5.74) is 0.386. The predicted octanol–water partition coefficient (Wildman–Crippen LogP) is 1.38. The normalized spacial score (nSPS) is 11.3. The van der Waals surface area contributed by atoms with Crippen molar-refractivity contribution in [2.24, 2.45) is 0 Å². The highest BCUT2D eigenvalue weighted by atomic mass is 35.5. The fourth-order valence-corrected chi connectivity index (χ4v) is 1.27. The maximum absolute atomic E-state index is 11.5. The van der Waals surface area contributed by atoms with E-state index in [1.807, 2.05) is 0 Å². The lowest BCUT2D eigenvalue weighted by Crippen LogP contribution is -2.32. The van der Waals surface area contributed by atoms with Crippen LogP contribution in [0.2, 0.25) is 5.02 Å². The number of benzene rings is 1. The van der Waals surface area contributed by atoms with Crippen LogP contribution in [0.5, 0.6) is 0 Å². The van der Waals surface area contributed by atoms with Gasteiger partial charge in [0.05, 0.1) is 7.11 Å². The number of nitrogens with one attached hydrogen (secondary N) is 1. The van der Waals surface area contributed by atoms with Crippen molar-refractivity contribution in [1.82, 2.24) is 0 Å². The summed E-state index contributed by atoms with van der Waals surface area (Å²) in [5.74, 6) is -2.90. The Morgan fingerprint density at radius 3 is 2.32 bits per heavy atom. The average molecular weight is 286 g/mol.